The number of benzene rings is 2. The smallest absolute Gasteiger partial charge is 0.407 e. The fourth-order valence-corrected chi connectivity index (χ4v) is 7.97. The molecule has 0 heterocycles. The number of hydrogen-bond donors (Lipinski definition) is 1. The van der Waals surface area contributed by atoms with Gasteiger partial charge in [0.15, 0.2) is 0 Å². The molecule has 17 heteroatoms. The molecular formula is C57H95NO16. The van der Waals surface area contributed by atoms with Crippen molar-refractivity contribution in [3.8, 4) is 11.1 Å². The number of amides is 1. The molecule has 0 atom stereocenters. The Hall–Kier alpha value is -3.30. The lowest BCUT2D eigenvalue weighted by Crippen LogP contribution is -2.29. The fraction of sp³-hybridized carbons (Fsp3) is 0.754. The molecule has 0 spiro atoms. The van der Waals surface area contributed by atoms with Gasteiger partial charge in [-0.1, -0.05) is 133 Å². The van der Waals surface area contributed by atoms with Crippen molar-refractivity contribution in [3.05, 3.63) is 59.7 Å². The van der Waals surface area contributed by atoms with E-state index in [4.69, 9.17) is 66.3 Å². The Balaban J connectivity index is 0.889. The molecule has 0 bridgehead atoms. The molecule has 0 radical (unpaired) electrons. The molecule has 17 nitrogen and oxygen atoms in total. The zero-order valence-electron chi connectivity index (χ0n) is 45.2. The second-order valence-electron chi connectivity index (χ2n) is 17.8. The Labute approximate surface area is 443 Å². The van der Waals surface area contributed by atoms with Gasteiger partial charge in [0, 0.05) is 18.9 Å². The van der Waals surface area contributed by atoms with Crippen LogP contribution >= 0.6 is 0 Å². The Morgan fingerprint density at radius 2 is 0.662 bits per heavy atom. The first-order chi connectivity index (χ1) is 36.7. The van der Waals surface area contributed by atoms with E-state index in [-0.39, 0.29) is 25.1 Å². The average Bonchev–Trinajstić information content (AvgIpc) is 3.74. The van der Waals surface area contributed by atoms with Crippen LogP contribution in [0.4, 0.5) is 4.79 Å². The number of nitrogens with one attached hydrogen (secondary N) is 1. The first kappa shape index (κ1) is 65.0. The zero-order valence-corrected chi connectivity index (χ0v) is 45.2. The highest BCUT2D eigenvalue weighted by Crippen LogP contribution is 2.44. The maximum Gasteiger partial charge on any atom is 0.407 e. The Morgan fingerprint density at radius 1 is 0.365 bits per heavy atom. The second-order valence-corrected chi connectivity index (χ2v) is 17.8. The van der Waals surface area contributed by atoms with E-state index in [0.29, 0.717) is 172 Å². The molecule has 424 valence electrons. The third-order valence-corrected chi connectivity index (χ3v) is 11.9. The van der Waals surface area contributed by atoms with E-state index >= 15 is 0 Å². The summed E-state index contributed by atoms with van der Waals surface area (Å²) in [5.74, 6) is -0.106. The van der Waals surface area contributed by atoms with Gasteiger partial charge in [0.2, 0.25) is 0 Å². The van der Waals surface area contributed by atoms with Crippen LogP contribution in [-0.4, -0.2) is 190 Å². The maximum atomic E-state index is 12.3. The molecule has 0 unspecified atom stereocenters. The highest BCUT2D eigenvalue weighted by molar-refractivity contribution is 5.79. The molecule has 74 heavy (non-hydrogen) atoms. The van der Waals surface area contributed by atoms with Crippen molar-refractivity contribution in [2.45, 2.75) is 103 Å². The first-order valence-electron chi connectivity index (χ1n) is 27.9. The van der Waals surface area contributed by atoms with Crippen LogP contribution in [0.3, 0.4) is 0 Å². The number of unbranched alkanes of at least 4 members (excludes halogenated alkanes) is 12. The molecule has 1 aliphatic rings. The predicted octanol–water partition coefficient (Wildman–Crippen LogP) is 8.75. The van der Waals surface area contributed by atoms with E-state index in [1.807, 2.05) is 24.3 Å². The number of carbonyl (C=O) groups excluding carboxylic acids is 2. The summed E-state index contributed by atoms with van der Waals surface area (Å²) in [5.41, 5.74) is 4.76. The number of hydrogen-bond acceptors (Lipinski definition) is 16. The van der Waals surface area contributed by atoms with E-state index < -0.39 is 6.09 Å². The van der Waals surface area contributed by atoms with E-state index in [1.54, 1.807) is 0 Å². The Kier molecular flexibility index (Phi) is 43.3. The molecule has 0 fully saturated rings. The standard InChI is InChI=1S/C57H95NO16/c1-2-3-4-5-6-7-8-9-10-11-12-13-14-23-56(59)73-49-48-72-47-46-71-45-44-70-43-42-69-41-40-68-39-38-67-37-36-66-35-34-65-33-32-64-31-30-63-29-28-62-27-26-61-25-24-58-57(60)74-50-55-53-21-17-15-19-51(53)52-20-16-18-22-54(52)55/h15-22,55H,2-14,23-50H2,1H3,(H,58,60). The molecular weight excluding hydrogens is 955 g/mol. The summed E-state index contributed by atoms with van der Waals surface area (Å²) in [6.07, 6.45) is 16.8. The van der Waals surface area contributed by atoms with Gasteiger partial charge < -0.3 is 71.6 Å². The molecule has 1 amide bonds. The van der Waals surface area contributed by atoms with Gasteiger partial charge in [-0.2, -0.15) is 0 Å². The average molecular weight is 1050 g/mol. The van der Waals surface area contributed by atoms with Gasteiger partial charge in [0.25, 0.3) is 0 Å². The van der Waals surface area contributed by atoms with Crippen LogP contribution in [0.25, 0.3) is 11.1 Å². The molecule has 2 aromatic rings. The molecule has 0 aromatic heterocycles. The highest BCUT2D eigenvalue weighted by atomic mass is 16.6. The number of carbonyl (C=O) groups is 2. The molecule has 2 aromatic carbocycles. The minimum atomic E-state index is -0.456. The van der Waals surface area contributed by atoms with Gasteiger partial charge in [-0.3, -0.25) is 4.79 Å². The van der Waals surface area contributed by atoms with Crippen LogP contribution in [-0.2, 0) is 71.1 Å². The van der Waals surface area contributed by atoms with Crippen LogP contribution in [0.5, 0.6) is 0 Å². The zero-order chi connectivity index (χ0) is 52.3. The number of alkyl carbamates (subject to hydrolysis) is 1. The number of ether oxygens (including phenoxy) is 14. The lowest BCUT2D eigenvalue weighted by atomic mass is 9.98. The van der Waals surface area contributed by atoms with Crippen molar-refractivity contribution in [1.29, 1.82) is 0 Å². The molecule has 1 aliphatic carbocycles. The van der Waals surface area contributed by atoms with Crippen LogP contribution in [0.1, 0.15) is 114 Å². The normalized spacial score (nSPS) is 12.1. The number of fused-ring (bicyclic) bond motifs is 3. The Bertz CT molecular complexity index is 1540. The van der Waals surface area contributed by atoms with Crippen LogP contribution in [0.15, 0.2) is 48.5 Å². The van der Waals surface area contributed by atoms with Crippen LogP contribution in [0.2, 0.25) is 0 Å². The van der Waals surface area contributed by atoms with Gasteiger partial charge in [0.05, 0.1) is 159 Å². The summed E-state index contributed by atoms with van der Waals surface area (Å²) in [7, 11) is 0. The fourth-order valence-electron chi connectivity index (χ4n) is 7.97. The largest absolute Gasteiger partial charge is 0.463 e. The van der Waals surface area contributed by atoms with E-state index in [9.17, 15) is 9.59 Å². The summed E-state index contributed by atoms with van der Waals surface area (Å²) < 4.78 is 77.1. The van der Waals surface area contributed by atoms with Gasteiger partial charge in [-0.05, 0) is 28.7 Å². The SMILES string of the molecule is CCCCCCCCCCCCCCCC(=O)OCCOCCOCCOCCOCCOCCOCCOCCOCCOCCOCCOCCOCCNC(=O)OCC1c2ccccc2-c2ccccc21. The van der Waals surface area contributed by atoms with Crippen molar-refractivity contribution < 1.29 is 75.9 Å². The third-order valence-electron chi connectivity index (χ3n) is 11.9. The summed E-state index contributed by atoms with van der Waals surface area (Å²) in [6.45, 7) is 14.3. The summed E-state index contributed by atoms with van der Waals surface area (Å²) >= 11 is 0. The topological polar surface area (TPSA) is 175 Å². The number of esters is 1. The van der Waals surface area contributed by atoms with Crippen molar-refractivity contribution in [2.24, 2.45) is 0 Å². The maximum absolute atomic E-state index is 12.3. The van der Waals surface area contributed by atoms with Gasteiger partial charge >= 0.3 is 12.1 Å². The minimum Gasteiger partial charge on any atom is -0.463 e. The predicted molar refractivity (Wildman–Crippen MR) is 284 cm³/mol. The van der Waals surface area contributed by atoms with Crippen LogP contribution in [0, 0.1) is 0 Å². The van der Waals surface area contributed by atoms with E-state index in [1.165, 1.54) is 92.9 Å². The first-order valence-corrected chi connectivity index (χ1v) is 27.9. The van der Waals surface area contributed by atoms with E-state index in [0.717, 1.165) is 12.8 Å². The minimum absolute atomic E-state index is 0.0313. The van der Waals surface area contributed by atoms with Gasteiger partial charge in [0.1, 0.15) is 13.2 Å². The summed E-state index contributed by atoms with van der Waals surface area (Å²) in [4.78, 5) is 24.2. The molecule has 3 rings (SSSR count). The second kappa shape index (κ2) is 49.3. The Morgan fingerprint density at radius 3 is 1.01 bits per heavy atom. The number of rotatable bonds is 55. The van der Waals surface area contributed by atoms with Gasteiger partial charge in [-0.15, -0.1) is 0 Å². The monoisotopic (exact) mass is 1050 g/mol. The lowest BCUT2D eigenvalue weighted by Gasteiger charge is -2.14. The molecule has 0 aliphatic heterocycles. The van der Waals surface area contributed by atoms with Crippen LogP contribution < -0.4 is 5.32 Å². The molecule has 0 saturated carbocycles. The quantitative estimate of drug-likeness (QED) is 0.0491. The molecule has 0 saturated heterocycles. The molecule has 1 N–H and O–H groups in total. The van der Waals surface area contributed by atoms with Crippen molar-refractivity contribution >= 4 is 12.1 Å². The summed E-state index contributed by atoms with van der Waals surface area (Å²) in [6, 6.07) is 16.5. The van der Waals surface area contributed by atoms with E-state index in [2.05, 4.69) is 36.5 Å². The van der Waals surface area contributed by atoms with Gasteiger partial charge in [-0.25, -0.2) is 4.79 Å². The van der Waals surface area contributed by atoms with Crippen molar-refractivity contribution in [2.75, 3.05) is 178 Å². The lowest BCUT2D eigenvalue weighted by molar-refractivity contribution is -0.145. The van der Waals surface area contributed by atoms with Crippen molar-refractivity contribution in [3.63, 3.8) is 0 Å². The summed E-state index contributed by atoms with van der Waals surface area (Å²) in [5, 5.41) is 2.75. The highest BCUT2D eigenvalue weighted by Gasteiger charge is 2.29. The third kappa shape index (κ3) is 35.9. The van der Waals surface area contributed by atoms with Crippen molar-refractivity contribution in [1.82, 2.24) is 5.32 Å².